The lowest BCUT2D eigenvalue weighted by atomic mass is 10.1. The Morgan fingerprint density at radius 1 is 1.17 bits per heavy atom. The minimum atomic E-state index is -0.293. The van der Waals surface area contributed by atoms with Crippen LogP contribution in [0.3, 0.4) is 0 Å². The van der Waals surface area contributed by atoms with Crippen molar-refractivity contribution >= 4 is 23.2 Å². The second-order valence-corrected chi connectivity index (χ2v) is 6.16. The van der Waals surface area contributed by atoms with Crippen molar-refractivity contribution in [3.63, 3.8) is 0 Å². The van der Waals surface area contributed by atoms with Gasteiger partial charge in [0.15, 0.2) is 0 Å². The molecular weight excluding hydrogens is 326 g/mol. The number of fused-ring (bicyclic) bond motifs is 1. The largest absolute Gasteiger partial charge is 0.412 e. The van der Waals surface area contributed by atoms with E-state index in [1.54, 1.807) is 17.0 Å². The van der Waals surface area contributed by atoms with Crippen molar-refractivity contribution in [1.29, 1.82) is 0 Å². The molecule has 6 heteroatoms. The molecule has 0 fully saturated rings. The quantitative estimate of drug-likeness (QED) is 0.708. The summed E-state index contributed by atoms with van der Waals surface area (Å²) in [6.45, 7) is 2.00. The third-order valence-corrected chi connectivity index (χ3v) is 4.47. The van der Waals surface area contributed by atoms with Gasteiger partial charge in [0.1, 0.15) is 0 Å². The molecule has 0 spiro atoms. The predicted octanol–water partition coefficient (Wildman–Crippen LogP) is 3.98. The lowest BCUT2D eigenvalue weighted by Crippen LogP contribution is -2.35. The zero-order valence-electron chi connectivity index (χ0n) is 12.9. The van der Waals surface area contributed by atoms with Gasteiger partial charge in [-0.1, -0.05) is 41.9 Å². The average molecular weight is 340 g/mol. The normalized spacial score (nSPS) is 16.2. The second kappa shape index (κ2) is 5.76. The molecule has 2 aromatic carbocycles. The minimum absolute atomic E-state index is 0.0338. The Kier molecular flexibility index (Phi) is 3.58. The number of rotatable bonds is 2. The first-order valence-electron chi connectivity index (χ1n) is 7.65. The Bertz CT molecular complexity index is 922. The molecule has 0 radical (unpaired) electrons. The first-order chi connectivity index (χ1) is 11.6. The third-order valence-electron chi connectivity index (χ3n) is 4.14. The Hall–Kier alpha value is -2.66. The number of nitrogens with zero attached hydrogens (tertiary/aromatic N) is 3. The summed E-state index contributed by atoms with van der Waals surface area (Å²) in [6.07, 6.45) is 0.813. The van der Waals surface area contributed by atoms with Gasteiger partial charge >= 0.3 is 11.8 Å². The summed E-state index contributed by atoms with van der Waals surface area (Å²) < 4.78 is 5.59. The zero-order valence-corrected chi connectivity index (χ0v) is 13.7. The Morgan fingerprint density at radius 2 is 1.92 bits per heavy atom. The van der Waals surface area contributed by atoms with Crippen molar-refractivity contribution in [1.82, 2.24) is 10.2 Å². The number of carbonyl (C=O) groups is 1. The molecule has 1 aromatic heterocycles. The van der Waals surface area contributed by atoms with E-state index in [0.29, 0.717) is 10.6 Å². The summed E-state index contributed by atoms with van der Waals surface area (Å²) in [5.41, 5.74) is 2.65. The van der Waals surface area contributed by atoms with E-state index >= 15 is 0 Å². The maximum Gasteiger partial charge on any atom is 0.316 e. The summed E-state index contributed by atoms with van der Waals surface area (Å²) in [5.74, 6) is -0.0872. The first-order valence-corrected chi connectivity index (χ1v) is 8.03. The van der Waals surface area contributed by atoms with Crippen LogP contribution in [0.1, 0.15) is 23.2 Å². The number of para-hydroxylation sites is 1. The zero-order chi connectivity index (χ0) is 16.7. The highest BCUT2D eigenvalue weighted by molar-refractivity contribution is 6.33. The molecule has 0 bridgehead atoms. The standard InChI is InChI=1S/C18H14ClN3O2/c1-11-10-12-6-2-5-9-15(12)22(11)18(23)17-21-20-16(24-17)13-7-3-4-8-14(13)19/h2-9,11H,10H2,1H3. The molecule has 1 aliphatic rings. The third kappa shape index (κ3) is 2.37. The van der Waals surface area contributed by atoms with Crippen LogP contribution in [0, 0.1) is 0 Å². The predicted molar refractivity (Wildman–Crippen MR) is 91.2 cm³/mol. The van der Waals surface area contributed by atoms with Crippen LogP contribution in [-0.2, 0) is 6.42 Å². The van der Waals surface area contributed by atoms with Gasteiger partial charge in [0.25, 0.3) is 0 Å². The molecule has 0 saturated heterocycles. The molecule has 120 valence electrons. The number of anilines is 1. The van der Waals surface area contributed by atoms with Crippen LogP contribution in [0.15, 0.2) is 52.9 Å². The van der Waals surface area contributed by atoms with Crippen LogP contribution in [0.25, 0.3) is 11.5 Å². The number of aromatic nitrogens is 2. The molecule has 5 nitrogen and oxygen atoms in total. The molecule has 1 amide bonds. The van der Waals surface area contributed by atoms with Gasteiger partial charge in [-0.25, -0.2) is 0 Å². The summed E-state index contributed by atoms with van der Waals surface area (Å²) >= 11 is 6.14. The van der Waals surface area contributed by atoms with Crippen molar-refractivity contribution in [3.8, 4) is 11.5 Å². The van der Waals surface area contributed by atoms with E-state index in [9.17, 15) is 4.79 Å². The lowest BCUT2D eigenvalue weighted by molar-refractivity contribution is 0.0948. The summed E-state index contributed by atoms with van der Waals surface area (Å²) in [6, 6.07) is 15.1. The Labute approximate surface area is 143 Å². The number of halogens is 1. The Morgan fingerprint density at radius 3 is 2.75 bits per heavy atom. The fourth-order valence-electron chi connectivity index (χ4n) is 3.03. The molecule has 1 aliphatic heterocycles. The van der Waals surface area contributed by atoms with E-state index in [4.69, 9.17) is 16.0 Å². The molecule has 3 aromatic rings. The van der Waals surface area contributed by atoms with Crippen LogP contribution in [0.4, 0.5) is 5.69 Å². The van der Waals surface area contributed by atoms with Crippen LogP contribution < -0.4 is 4.90 Å². The number of amides is 1. The van der Waals surface area contributed by atoms with Gasteiger partial charge in [-0.05, 0) is 37.1 Å². The highest BCUT2D eigenvalue weighted by Gasteiger charge is 2.34. The van der Waals surface area contributed by atoms with Gasteiger partial charge in [0.2, 0.25) is 5.89 Å². The summed E-state index contributed by atoms with van der Waals surface area (Å²) in [7, 11) is 0. The molecule has 2 heterocycles. The van der Waals surface area contributed by atoms with E-state index in [-0.39, 0.29) is 23.7 Å². The van der Waals surface area contributed by atoms with Gasteiger partial charge < -0.3 is 9.32 Å². The van der Waals surface area contributed by atoms with Crippen LogP contribution >= 0.6 is 11.6 Å². The summed E-state index contributed by atoms with van der Waals surface area (Å²) in [4.78, 5) is 14.6. The maximum atomic E-state index is 12.8. The van der Waals surface area contributed by atoms with Crippen molar-refractivity contribution in [2.75, 3.05) is 4.90 Å². The van der Waals surface area contributed by atoms with Gasteiger partial charge in [-0.2, -0.15) is 0 Å². The van der Waals surface area contributed by atoms with E-state index < -0.39 is 0 Å². The van der Waals surface area contributed by atoms with Gasteiger partial charge in [0, 0.05) is 11.7 Å². The van der Waals surface area contributed by atoms with Crippen LogP contribution in [0.5, 0.6) is 0 Å². The van der Waals surface area contributed by atoms with E-state index in [1.165, 1.54) is 0 Å². The highest BCUT2D eigenvalue weighted by Crippen LogP contribution is 2.33. The van der Waals surface area contributed by atoms with E-state index in [0.717, 1.165) is 17.7 Å². The molecule has 0 N–H and O–H groups in total. The monoisotopic (exact) mass is 339 g/mol. The fraction of sp³-hybridized carbons (Fsp3) is 0.167. The number of hydrogen-bond donors (Lipinski definition) is 0. The van der Waals surface area contributed by atoms with Crippen molar-refractivity contribution < 1.29 is 9.21 Å². The second-order valence-electron chi connectivity index (χ2n) is 5.75. The molecule has 4 rings (SSSR count). The van der Waals surface area contributed by atoms with E-state index in [1.807, 2.05) is 43.3 Å². The van der Waals surface area contributed by atoms with Gasteiger partial charge in [-0.3, -0.25) is 4.79 Å². The SMILES string of the molecule is CC1Cc2ccccc2N1C(=O)c1nnc(-c2ccccc2Cl)o1. The topological polar surface area (TPSA) is 59.2 Å². The van der Waals surface area contributed by atoms with Crippen LogP contribution in [-0.4, -0.2) is 22.1 Å². The fourth-order valence-corrected chi connectivity index (χ4v) is 3.25. The molecule has 1 atom stereocenters. The molecular formula is C18H14ClN3O2. The van der Waals surface area contributed by atoms with Crippen LogP contribution in [0.2, 0.25) is 5.02 Å². The smallest absolute Gasteiger partial charge is 0.316 e. The molecule has 24 heavy (non-hydrogen) atoms. The lowest BCUT2D eigenvalue weighted by Gasteiger charge is -2.20. The summed E-state index contributed by atoms with van der Waals surface area (Å²) in [5, 5.41) is 8.39. The van der Waals surface area contributed by atoms with Gasteiger partial charge in [0.05, 0.1) is 10.6 Å². The molecule has 0 aliphatic carbocycles. The maximum absolute atomic E-state index is 12.8. The highest BCUT2D eigenvalue weighted by atomic mass is 35.5. The number of hydrogen-bond acceptors (Lipinski definition) is 4. The number of carbonyl (C=O) groups excluding carboxylic acids is 1. The molecule has 1 unspecified atom stereocenters. The van der Waals surface area contributed by atoms with Gasteiger partial charge in [-0.15, -0.1) is 10.2 Å². The number of benzene rings is 2. The van der Waals surface area contributed by atoms with Crippen molar-refractivity contribution in [2.45, 2.75) is 19.4 Å². The Balaban J connectivity index is 1.68. The average Bonchev–Trinajstić information content (AvgIpc) is 3.18. The van der Waals surface area contributed by atoms with Crippen molar-refractivity contribution in [2.24, 2.45) is 0 Å². The van der Waals surface area contributed by atoms with E-state index in [2.05, 4.69) is 10.2 Å². The minimum Gasteiger partial charge on any atom is -0.412 e. The van der Waals surface area contributed by atoms with Crippen molar-refractivity contribution in [3.05, 3.63) is 65.0 Å². The first kappa shape index (κ1) is 14.9. The molecule has 0 saturated carbocycles.